The van der Waals surface area contributed by atoms with Crippen LogP contribution in [0.3, 0.4) is 0 Å². The number of alkyl halides is 1. The fraction of sp³-hybridized carbons (Fsp3) is 0.0769. The summed E-state index contributed by atoms with van der Waals surface area (Å²) in [4.78, 5) is 27.6. The Morgan fingerprint density at radius 3 is 2.33 bits per heavy atom. The minimum absolute atomic E-state index is 0.159. The standard InChI is InChI=1S/C13H7BrCl2N2O2S/c14-10(6-4-9(15)21-11(6)16)5-1-2-7-8(3-5)18-13(20)12(19)17-7/h1-4,10H,(H,17,19)(H,18,20). The molecule has 21 heavy (non-hydrogen) atoms. The molecule has 0 saturated heterocycles. The minimum atomic E-state index is -0.678. The quantitative estimate of drug-likeness (QED) is 0.498. The van der Waals surface area contributed by atoms with E-state index in [-0.39, 0.29) is 4.83 Å². The lowest BCUT2D eigenvalue weighted by molar-refractivity contribution is 1.13. The molecule has 0 spiro atoms. The molecule has 1 unspecified atom stereocenters. The van der Waals surface area contributed by atoms with E-state index in [4.69, 9.17) is 23.2 Å². The molecule has 1 atom stereocenters. The molecule has 0 aliphatic carbocycles. The van der Waals surface area contributed by atoms with Gasteiger partial charge in [0.1, 0.15) is 0 Å². The largest absolute Gasteiger partial charge is 0.316 e. The topological polar surface area (TPSA) is 65.7 Å². The number of halogens is 3. The zero-order chi connectivity index (χ0) is 15.1. The number of aromatic amines is 2. The lowest BCUT2D eigenvalue weighted by Crippen LogP contribution is -2.28. The Labute approximate surface area is 140 Å². The van der Waals surface area contributed by atoms with Crippen LogP contribution in [0.1, 0.15) is 16.0 Å². The number of thiophene rings is 1. The number of benzene rings is 1. The molecule has 0 radical (unpaired) electrons. The number of fused-ring (bicyclic) bond motifs is 1. The van der Waals surface area contributed by atoms with Crippen LogP contribution in [0.5, 0.6) is 0 Å². The predicted octanol–water partition coefficient (Wildman–Crippen LogP) is 4.07. The van der Waals surface area contributed by atoms with Gasteiger partial charge in [-0.15, -0.1) is 11.3 Å². The van der Waals surface area contributed by atoms with Gasteiger partial charge in [-0.3, -0.25) is 9.59 Å². The van der Waals surface area contributed by atoms with Crippen LogP contribution in [-0.2, 0) is 0 Å². The Balaban J connectivity index is 2.12. The second-order valence-electron chi connectivity index (χ2n) is 4.36. The van der Waals surface area contributed by atoms with E-state index in [9.17, 15) is 9.59 Å². The molecule has 3 aromatic rings. The van der Waals surface area contributed by atoms with Gasteiger partial charge in [0.25, 0.3) is 0 Å². The van der Waals surface area contributed by atoms with Gasteiger partial charge in [-0.05, 0) is 23.8 Å². The summed E-state index contributed by atoms with van der Waals surface area (Å²) in [5, 5.41) is 0. The fourth-order valence-electron chi connectivity index (χ4n) is 2.00. The summed E-state index contributed by atoms with van der Waals surface area (Å²) in [5.41, 5.74) is 1.52. The molecule has 2 aromatic heterocycles. The first-order chi connectivity index (χ1) is 9.95. The van der Waals surface area contributed by atoms with Gasteiger partial charge in [-0.2, -0.15) is 0 Å². The van der Waals surface area contributed by atoms with E-state index in [0.717, 1.165) is 11.1 Å². The third kappa shape index (κ3) is 2.81. The van der Waals surface area contributed by atoms with Crippen LogP contribution in [0.15, 0.2) is 33.9 Å². The molecule has 2 N–H and O–H groups in total. The van der Waals surface area contributed by atoms with Crippen molar-refractivity contribution >= 4 is 61.5 Å². The van der Waals surface area contributed by atoms with Gasteiger partial charge in [0.05, 0.1) is 24.5 Å². The van der Waals surface area contributed by atoms with Crippen LogP contribution >= 0.6 is 50.5 Å². The summed E-state index contributed by atoms with van der Waals surface area (Å²) in [6.45, 7) is 0. The number of rotatable bonds is 2. The Hall–Kier alpha value is -1.08. The number of hydrogen-bond donors (Lipinski definition) is 2. The van der Waals surface area contributed by atoms with Crippen LogP contribution in [0, 0.1) is 0 Å². The van der Waals surface area contributed by atoms with Crippen molar-refractivity contribution in [1.82, 2.24) is 9.97 Å². The summed E-state index contributed by atoms with van der Waals surface area (Å²) in [6.07, 6.45) is 0. The third-order valence-electron chi connectivity index (χ3n) is 3.00. The first-order valence-electron chi connectivity index (χ1n) is 5.81. The van der Waals surface area contributed by atoms with Crippen LogP contribution in [0.25, 0.3) is 11.0 Å². The van der Waals surface area contributed by atoms with E-state index >= 15 is 0 Å². The van der Waals surface area contributed by atoms with Crippen LogP contribution in [-0.4, -0.2) is 9.97 Å². The first-order valence-corrected chi connectivity index (χ1v) is 8.29. The van der Waals surface area contributed by atoms with Crippen molar-refractivity contribution in [2.24, 2.45) is 0 Å². The van der Waals surface area contributed by atoms with Crippen molar-refractivity contribution in [3.05, 3.63) is 64.8 Å². The maximum Gasteiger partial charge on any atom is 0.314 e. The van der Waals surface area contributed by atoms with Crippen LogP contribution < -0.4 is 11.1 Å². The second-order valence-corrected chi connectivity index (χ2v) is 7.56. The van der Waals surface area contributed by atoms with Crippen molar-refractivity contribution in [1.29, 1.82) is 0 Å². The lowest BCUT2D eigenvalue weighted by atomic mass is 10.1. The van der Waals surface area contributed by atoms with E-state index in [1.165, 1.54) is 11.3 Å². The average molecular weight is 406 g/mol. The zero-order valence-corrected chi connectivity index (χ0v) is 14.2. The van der Waals surface area contributed by atoms with E-state index in [1.54, 1.807) is 18.2 Å². The summed E-state index contributed by atoms with van der Waals surface area (Å²) in [5.74, 6) is 0. The van der Waals surface area contributed by atoms with E-state index in [0.29, 0.717) is 19.7 Å². The molecule has 108 valence electrons. The third-order valence-corrected chi connectivity index (χ3v) is 5.53. The average Bonchev–Trinajstić information content (AvgIpc) is 2.78. The Morgan fingerprint density at radius 1 is 1.05 bits per heavy atom. The minimum Gasteiger partial charge on any atom is -0.316 e. The van der Waals surface area contributed by atoms with Gasteiger partial charge in [0.15, 0.2) is 0 Å². The number of aromatic nitrogens is 2. The second kappa shape index (κ2) is 5.61. The zero-order valence-electron chi connectivity index (χ0n) is 10.2. The maximum atomic E-state index is 11.4. The number of H-pyrrole nitrogens is 2. The van der Waals surface area contributed by atoms with Crippen molar-refractivity contribution in [3.8, 4) is 0 Å². The van der Waals surface area contributed by atoms with Gasteiger partial charge in [0, 0.05) is 5.56 Å². The molecule has 4 nitrogen and oxygen atoms in total. The molecule has 0 fully saturated rings. The monoisotopic (exact) mass is 404 g/mol. The number of nitrogens with one attached hydrogen (secondary N) is 2. The first kappa shape index (κ1) is 14.8. The van der Waals surface area contributed by atoms with E-state index < -0.39 is 11.1 Å². The highest BCUT2D eigenvalue weighted by Crippen LogP contribution is 2.41. The van der Waals surface area contributed by atoms with E-state index in [1.807, 2.05) is 6.07 Å². The van der Waals surface area contributed by atoms with Gasteiger partial charge in [-0.1, -0.05) is 45.2 Å². The molecule has 0 saturated carbocycles. The van der Waals surface area contributed by atoms with Crippen molar-refractivity contribution in [2.45, 2.75) is 4.83 Å². The lowest BCUT2D eigenvalue weighted by Gasteiger charge is -2.10. The summed E-state index contributed by atoms with van der Waals surface area (Å²) in [6, 6.07) is 7.16. The molecule has 1 aromatic carbocycles. The Bertz CT molecular complexity index is 947. The van der Waals surface area contributed by atoms with Gasteiger partial charge in [-0.25, -0.2) is 0 Å². The highest BCUT2D eigenvalue weighted by Gasteiger charge is 2.17. The van der Waals surface area contributed by atoms with Crippen molar-refractivity contribution in [2.75, 3.05) is 0 Å². The highest BCUT2D eigenvalue weighted by atomic mass is 79.9. The Morgan fingerprint density at radius 2 is 1.71 bits per heavy atom. The molecule has 2 heterocycles. The smallest absolute Gasteiger partial charge is 0.314 e. The van der Waals surface area contributed by atoms with Gasteiger partial charge in [0.2, 0.25) is 0 Å². The van der Waals surface area contributed by atoms with Crippen LogP contribution in [0.2, 0.25) is 8.67 Å². The molecule has 0 aliphatic rings. The fourth-order valence-corrected chi connectivity index (χ4v) is 4.46. The van der Waals surface area contributed by atoms with E-state index in [2.05, 4.69) is 25.9 Å². The molecule has 0 bridgehead atoms. The van der Waals surface area contributed by atoms with Crippen molar-refractivity contribution in [3.63, 3.8) is 0 Å². The molecule has 8 heteroatoms. The summed E-state index contributed by atoms with van der Waals surface area (Å²) >= 11 is 17.0. The van der Waals surface area contributed by atoms with Gasteiger partial charge >= 0.3 is 11.1 Å². The normalized spacial score (nSPS) is 12.7. The van der Waals surface area contributed by atoms with Crippen LogP contribution in [0.4, 0.5) is 0 Å². The highest BCUT2D eigenvalue weighted by molar-refractivity contribution is 9.09. The predicted molar refractivity (Wildman–Crippen MR) is 90.3 cm³/mol. The molecule has 3 rings (SSSR count). The summed E-state index contributed by atoms with van der Waals surface area (Å²) < 4.78 is 1.22. The van der Waals surface area contributed by atoms with Gasteiger partial charge < -0.3 is 9.97 Å². The van der Waals surface area contributed by atoms with Crippen molar-refractivity contribution < 1.29 is 0 Å². The maximum absolute atomic E-state index is 11.4. The number of hydrogen-bond acceptors (Lipinski definition) is 3. The molecular formula is C13H7BrCl2N2O2S. The SMILES string of the molecule is O=c1[nH]c2ccc(C(Br)c3cc(Cl)sc3Cl)cc2[nH]c1=O. The Kier molecular flexibility index (Phi) is 3.96. The molecule has 0 aliphatic heterocycles. The summed E-state index contributed by atoms with van der Waals surface area (Å²) in [7, 11) is 0. The molecular weight excluding hydrogens is 399 g/mol. The molecule has 0 amide bonds.